The van der Waals surface area contributed by atoms with Crippen molar-refractivity contribution in [3.05, 3.63) is 70.5 Å². The molecule has 0 aliphatic rings. The van der Waals surface area contributed by atoms with E-state index in [4.69, 9.17) is 16.3 Å². The monoisotopic (exact) mass is 383 g/mol. The smallest absolute Gasteiger partial charge is 0.224 e. The molecule has 1 heterocycles. The first kappa shape index (κ1) is 19.0. The number of carbonyl (C=O) groups excluding carboxylic acids is 1. The van der Waals surface area contributed by atoms with E-state index in [-0.39, 0.29) is 5.91 Å². The van der Waals surface area contributed by atoms with Gasteiger partial charge >= 0.3 is 0 Å². The summed E-state index contributed by atoms with van der Waals surface area (Å²) in [6.45, 7) is 4.01. The first-order chi connectivity index (χ1) is 13.0. The number of amides is 1. The van der Waals surface area contributed by atoms with Crippen LogP contribution in [-0.4, -0.2) is 22.8 Å². The number of anilines is 1. The quantitative estimate of drug-likeness (QED) is 0.669. The molecule has 0 saturated carbocycles. The maximum atomic E-state index is 12.3. The van der Waals surface area contributed by atoms with Crippen molar-refractivity contribution in [3.63, 3.8) is 0 Å². The van der Waals surface area contributed by atoms with Crippen molar-refractivity contribution in [1.29, 1.82) is 0 Å². The molecule has 3 rings (SSSR count). The lowest BCUT2D eigenvalue weighted by Crippen LogP contribution is -2.13. The SMILES string of the molecule is COc1ccc(Cl)cc1NC(=O)CCc1ccc(-n2nc(C)cc2C)cc1. The van der Waals surface area contributed by atoms with Crippen molar-refractivity contribution >= 4 is 23.2 Å². The molecule has 1 N–H and O–H groups in total. The lowest BCUT2D eigenvalue weighted by atomic mass is 10.1. The van der Waals surface area contributed by atoms with Crippen molar-refractivity contribution in [3.8, 4) is 11.4 Å². The van der Waals surface area contributed by atoms with E-state index in [0.29, 0.717) is 29.3 Å². The second-order valence-electron chi connectivity index (χ2n) is 6.40. The highest BCUT2D eigenvalue weighted by Crippen LogP contribution is 2.27. The summed E-state index contributed by atoms with van der Waals surface area (Å²) in [4.78, 5) is 12.3. The molecule has 0 atom stereocenters. The highest BCUT2D eigenvalue weighted by Gasteiger charge is 2.09. The molecule has 0 bridgehead atoms. The molecule has 2 aromatic carbocycles. The number of carbonyl (C=O) groups is 1. The Kier molecular flexibility index (Phi) is 5.81. The van der Waals surface area contributed by atoms with Gasteiger partial charge in [0, 0.05) is 17.1 Å². The third-order valence-corrected chi connectivity index (χ3v) is 4.50. The molecule has 27 heavy (non-hydrogen) atoms. The van der Waals surface area contributed by atoms with Crippen LogP contribution < -0.4 is 10.1 Å². The predicted octanol–water partition coefficient (Wildman–Crippen LogP) is 4.72. The molecule has 140 valence electrons. The maximum absolute atomic E-state index is 12.3. The molecule has 0 aliphatic carbocycles. The molecule has 0 spiro atoms. The van der Waals surface area contributed by atoms with E-state index in [1.165, 1.54) is 0 Å². The number of aromatic nitrogens is 2. The zero-order valence-electron chi connectivity index (χ0n) is 15.6. The van der Waals surface area contributed by atoms with Gasteiger partial charge in [0.2, 0.25) is 5.91 Å². The zero-order chi connectivity index (χ0) is 19.4. The van der Waals surface area contributed by atoms with Crippen LogP contribution in [0.1, 0.15) is 23.4 Å². The average molecular weight is 384 g/mol. The lowest BCUT2D eigenvalue weighted by molar-refractivity contribution is -0.116. The summed E-state index contributed by atoms with van der Waals surface area (Å²) >= 11 is 5.99. The number of nitrogens with zero attached hydrogens (tertiary/aromatic N) is 2. The van der Waals surface area contributed by atoms with Crippen LogP contribution in [0.3, 0.4) is 0 Å². The van der Waals surface area contributed by atoms with Gasteiger partial charge in [-0.1, -0.05) is 23.7 Å². The number of rotatable bonds is 6. The van der Waals surface area contributed by atoms with Crippen LogP contribution in [0.5, 0.6) is 5.75 Å². The normalized spacial score (nSPS) is 10.7. The Morgan fingerprint density at radius 2 is 1.89 bits per heavy atom. The van der Waals surface area contributed by atoms with Gasteiger partial charge in [0.15, 0.2) is 0 Å². The molecule has 1 amide bonds. The zero-order valence-corrected chi connectivity index (χ0v) is 16.4. The first-order valence-electron chi connectivity index (χ1n) is 8.72. The van der Waals surface area contributed by atoms with Crippen molar-refractivity contribution in [1.82, 2.24) is 9.78 Å². The number of halogens is 1. The molecule has 0 unspecified atom stereocenters. The van der Waals surface area contributed by atoms with Crippen molar-refractivity contribution < 1.29 is 9.53 Å². The van der Waals surface area contributed by atoms with E-state index in [1.807, 2.05) is 48.9 Å². The highest BCUT2D eigenvalue weighted by molar-refractivity contribution is 6.31. The number of aryl methyl sites for hydroxylation is 3. The Hall–Kier alpha value is -2.79. The number of hydrogen-bond acceptors (Lipinski definition) is 3. The van der Waals surface area contributed by atoms with E-state index in [1.54, 1.807) is 25.3 Å². The van der Waals surface area contributed by atoms with Crippen molar-refractivity contribution in [2.75, 3.05) is 12.4 Å². The number of nitrogens with one attached hydrogen (secondary N) is 1. The first-order valence-corrected chi connectivity index (χ1v) is 9.10. The fourth-order valence-corrected chi connectivity index (χ4v) is 3.11. The minimum absolute atomic E-state index is 0.0850. The van der Waals surface area contributed by atoms with Gasteiger partial charge in [0.05, 0.1) is 24.2 Å². The molecule has 0 aliphatic heterocycles. The number of ether oxygens (including phenoxy) is 1. The number of hydrogen-bond donors (Lipinski definition) is 1. The summed E-state index contributed by atoms with van der Waals surface area (Å²) in [5.74, 6) is 0.500. The second kappa shape index (κ2) is 8.27. The Balaban J connectivity index is 1.61. The second-order valence-corrected chi connectivity index (χ2v) is 6.83. The van der Waals surface area contributed by atoms with Gasteiger partial charge in [-0.2, -0.15) is 5.10 Å². The van der Waals surface area contributed by atoms with Gasteiger partial charge < -0.3 is 10.1 Å². The molecular formula is C21H22ClN3O2. The Bertz CT molecular complexity index is 949. The standard InChI is InChI=1S/C21H22ClN3O2/c1-14-12-15(2)25(24-14)18-8-4-16(5-9-18)6-11-21(26)23-19-13-17(22)7-10-20(19)27-3/h4-5,7-10,12-13H,6,11H2,1-3H3,(H,23,26). The molecule has 6 heteroatoms. The predicted molar refractivity (Wildman–Crippen MR) is 108 cm³/mol. The van der Waals surface area contributed by atoms with Gasteiger partial charge in [-0.3, -0.25) is 4.79 Å². The topological polar surface area (TPSA) is 56.1 Å². The Morgan fingerprint density at radius 3 is 2.52 bits per heavy atom. The molecule has 0 fully saturated rings. The third-order valence-electron chi connectivity index (χ3n) is 4.27. The van der Waals surface area contributed by atoms with Gasteiger partial charge in [0.25, 0.3) is 0 Å². The van der Waals surface area contributed by atoms with Crippen LogP contribution in [0, 0.1) is 13.8 Å². The summed E-state index contributed by atoms with van der Waals surface area (Å²) in [7, 11) is 1.56. The fraction of sp³-hybridized carbons (Fsp3) is 0.238. The highest BCUT2D eigenvalue weighted by atomic mass is 35.5. The molecule has 3 aromatic rings. The average Bonchev–Trinajstić information content (AvgIpc) is 2.99. The number of methoxy groups -OCH3 is 1. The number of benzene rings is 2. The maximum Gasteiger partial charge on any atom is 0.224 e. The van der Waals surface area contributed by atoms with Gasteiger partial charge in [-0.25, -0.2) is 4.68 Å². The van der Waals surface area contributed by atoms with E-state index in [9.17, 15) is 4.79 Å². The molecule has 1 aromatic heterocycles. The van der Waals surface area contributed by atoms with Crippen LogP contribution >= 0.6 is 11.6 Å². The van der Waals surface area contributed by atoms with Crippen LogP contribution in [0.15, 0.2) is 48.5 Å². The van der Waals surface area contributed by atoms with Crippen LogP contribution in [0.25, 0.3) is 5.69 Å². The largest absolute Gasteiger partial charge is 0.495 e. The van der Waals surface area contributed by atoms with Crippen LogP contribution in [0.4, 0.5) is 5.69 Å². The molecule has 0 radical (unpaired) electrons. The van der Waals surface area contributed by atoms with E-state index >= 15 is 0 Å². The summed E-state index contributed by atoms with van der Waals surface area (Å²) in [6, 6.07) is 15.3. The summed E-state index contributed by atoms with van der Waals surface area (Å²) in [6.07, 6.45) is 1.01. The lowest BCUT2D eigenvalue weighted by Gasteiger charge is -2.11. The Morgan fingerprint density at radius 1 is 1.15 bits per heavy atom. The Labute approximate surface area is 163 Å². The van der Waals surface area contributed by atoms with E-state index in [2.05, 4.69) is 10.4 Å². The van der Waals surface area contributed by atoms with E-state index < -0.39 is 0 Å². The summed E-state index contributed by atoms with van der Waals surface area (Å²) in [5, 5.41) is 7.89. The molecule has 5 nitrogen and oxygen atoms in total. The molecular weight excluding hydrogens is 362 g/mol. The fourth-order valence-electron chi connectivity index (χ4n) is 2.94. The minimum Gasteiger partial charge on any atom is -0.495 e. The van der Waals surface area contributed by atoms with Crippen molar-refractivity contribution in [2.24, 2.45) is 0 Å². The van der Waals surface area contributed by atoms with Gasteiger partial charge in [0.1, 0.15) is 5.75 Å². The third kappa shape index (κ3) is 4.68. The minimum atomic E-state index is -0.0850. The molecule has 0 saturated heterocycles. The summed E-state index contributed by atoms with van der Waals surface area (Å²) < 4.78 is 7.16. The van der Waals surface area contributed by atoms with Gasteiger partial charge in [-0.05, 0) is 62.2 Å². The van der Waals surface area contributed by atoms with E-state index in [0.717, 1.165) is 22.6 Å². The van der Waals surface area contributed by atoms with Crippen LogP contribution in [-0.2, 0) is 11.2 Å². The summed E-state index contributed by atoms with van der Waals surface area (Å²) in [5.41, 5.74) is 4.76. The van der Waals surface area contributed by atoms with Crippen LogP contribution in [0.2, 0.25) is 5.02 Å². The van der Waals surface area contributed by atoms with Crippen molar-refractivity contribution in [2.45, 2.75) is 26.7 Å². The van der Waals surface area contributed by atoms with Gasteiger partial charge in [-0.15, -0.1) is 0 Å².